The zero-order valence-corrected chi connectivity index (χ0v) is 19.7. The molecule has 34 heavy (non-hydrogen) atoms. The molecular formula is C25H27FN4O3S. The fraction of sp³-hybridized carbons (Fsp3) is 0.400. The summed E-state index contributed by atoms with van der Waals surface area (Å²) in [7, 11) is 0. The third-order valence-electron chi connectivity index (χ3n) is 6.76. The SMILES string of the molecule is O=C(c1ccc2c(=O)n(-c3ccccc3F)c(=S)[nH]c2c1)N1CCC(CN2CCOCC2)CC1. The normalized spacial score (nSPS) is 17.9. The second-order valence-corrected chi connectivity index (χ2v) is 9.32. The van der Waals surface area contributed by atoms with Crippen LogP contribution in [0.3, 0.4) is 0 Å². The Balaban J connectivity index is 1.33. The number of carbonyl (C=O) groups is 1. The number of morpholine rings is 1. The first-order chi connectivity index (χ1) is 16.5. The number of halogens is 1. The molecule has 0 unspecified atom stereocenters. The summed E-state index contributed by atoms with van der Waals surface area (Å²) in [6, 6.07) is 10.9. The van der Waals surface area contributed by atoms with Crippen LogP contribution in [0.4, 0.5) is 4.39 Å². The number of carbonyl (C=O) groups excluding carboxylic acids is 1. The van der Waals surface area contributed by atoms with Crippen molar-refractivity contribution in [3.63, 3.8) is 0 Å². The van der Waals surface area contributed by atoms with Crippen LogP contribution < -0.4 is 5.56 Å². The highest BCUT2D eigenvalue weighted by molar-refractivity contribution is 7.71. The van der Waals surface area contributed by atoms with Gasteiger partial charge < -0.3 is 14.6 Å². The van der Waals surface area contributed by atoms with Gasteiger partial charge in [0, 0.05) is 38.3 Å². The first-order valence-electron chi connectivity index (χ1n) is 11.6. The molecule has 2 saturated heterocycles. The van der Waals surface area contributed by atoms with Gasteiger partial charge in [0.15, 0.2) is 4.77 Å². The lowest BCUT2D eigenvalue weighted by Crippen LogP contribution is -2.44. The van der Waals surface area contributed by atoms with E-state index in [1.807, 2.05) is 4.90 Å². The molecule has 0 saturated carbocycles. The van der Waals surface area contributed by atoms with Gasteiger partial charge >= 0.3 is 0 Å². The molecule has 2 aliphatic rings. The summed E-state index contributed by atoms with van der Waals surface area (Å²) in [6.07, 6.45) is 1.96. The Hall–Kier alpha value is -2.88. The lowest BCUT2D eigenvalue weighted by Gasteiger charge is -2.36. The summed E-state index contributed by atoms with van der Waals surface area (Å²) in [4.78, 5) is 33.6. The Bertz CT molecular complexity index is 1320. The monoisotopic (exact) mass is 482 g/mol. The van der Waals surface area contributed by atoms with E-state index in [0.29, 0.717) is 22.4 Å². The van der Waals surface area contributed by atoms with Crippen LogP contribution in [0.15, 0.2) is 47.3 Å². The Morgan fingerprint density at radius 2 is 1.82 bits per heavy atom. The number of piperidine rings is 1. The maximum absolute atomic E-state index is 14.3. The van der Waals surface area contributed by atoms with Crippen molar-refractivity contribution >= 4 is 29.0 Å². The Kier molecular flexibility index (Phi) is 6.58. The molecule has 1 amide bonds. The molecule has 0 radical (unpaired) electrons. The predicted molar refractivity (Wildman–Crippen MR) is 131 cm³/mol. The molecule has 0 aliphatic carbocycles. The van der Waals surface area contributed by atoms with Gasteiger partial charge in [-0.25, -0.2) is 8.96 Å². The number of para-hydroxylation sites is 1. The molecular weight excluding hydrogens is 455 g/mol. The molecule has 7 nitrogen and oxygen atoms in total. The molecule has 0 atom stereocenters. The zero-order valence-electron chi connectivity index (χ0n) is 18.8. The van der Waals surface area contributed by atoms with E-state index in [-0.39, 0.29) is 16.4 Å². The van der Waals surface area contributed by atoms with Crippen LogP contribution in [-0.4, -0.2) is 71.2 Å². The van der Waals surface area contributed by atoms with E-state index < -0.39 is 11.4 Å². The Morgan fingerprint density at radius 3 is 2.56 bits per heavy atom. The number of likely N-dealkylation sites (tertiary alicyclic amines) is 1. The molecule has 3 heterocycles. The first-order valence-corrected chi connectivity index (χ1v) is 12.1. The van der Waals surface area contributed by atoms with Crippen molar-refractivity contribution in [2.24, 2.45) is 5.92 Å². The number of rotatable bonds is 4. The second kappa shape index (κ2) is 9.77. The van der Waals surface area contributed by atoms with E-state index in [0.717, 1.165) is 63.3 Å². The van der Waals surface area contributed by atoms with Crippen molar-refractivity contribution in [3.8, 4) is 5.69 Å². The number of aromatic amines is 1. The van der Waals surface area contributed by atoms with E-state index in [9.17, 15) is 14.0 Å². The van der Waals surface area contributed by atoms with Gasteiger partial charge in [-0.15, -0.1) is 0 Å². The number of ether oxygens (including phenoxy) is 1. The highest BCUT2D eigenvalue weighted by Crippen LogP contribution is 2.22. The third kappa shape index (κ3) is 4.55. The van der Waals surface area contributed by atoms with Crippen LogP contribution in [0.25, 0.3) is 16.6 Å². The van der Waals surface area contributed by atoms with E-state index >= 15 is 0 Å². The second-order valence-electron chi connectivity index (χ2n) is 8.93. The summed E-state index contributed by atoms with van der Waals surface area (Å²) >= 11 is 5.36. The summed E-state index contributed by atoms with van der Waals surface area (Å²) in [5.74, 6) is 0.00306. The fourth-order valence-electron chi connectivity index (χ4n) is 4.85. The van der Waals surface area contributed by atoms with Gasteiger partial charge in [0.25, 0.3) is 11.5 Å². The lowest BCUT2D eigenvalue weighted by atomic mass is 9.95. The molecule has 0 bridgehead atoms. The molecule has 5 rings (SSSR count). The Morgan fingerprint density at radius 1 is 1.09 bits per heavy atom. The number of fused-ring (bicyclic) bond motifs is 1. The van der Waals surface area contributed by atoms with Crippen molar-refractivity contribution in [2.75, 3.05) is 45.9 Å². The molecule has 178 valence electrons. The van der Waals surface area contributed by atoms with E-state index in [1.165, 1.54) is 12.1 Å². The van der Waals surface area contributed by atoms with Crippen molar-refractivity contribution in [3.05, 3.63) is 69.0 Å². The van der Waals surface area contributed by atoms with Crippen molar-refractivity contribution in [1.82, 2.24) is 19.4 Å². The number of hydrogen-bond acceptors (Lipinski definition) is 5. The summed E-state index contributed by atoms with van der Waals surface area (Å²) in [6.45, 7) is 6.06. The molecule has 3 aromatic rings. The molecule has 1 aromatic heterocycles. The van der Waals surface area contributed by atoms with E-state index in [1.54, 1.807) is 30.3 Å². The van der Waals surface area contributed by atoms with Crippen molar-refractivity contribution < 1.29 is 13.9 Å². The largest absolute Gasteiger partial charge is 0.379 e. The number of nitrogens with one attached hydrogen (secondary N) is 1. The van der Waals surface area contributed by atoms with Gasteiger partial charge in [-0.05, 0) is 61.3 Å². The molecule has 2 fully saturated rings. The summed E-state index contributed by atoms with van der Waals surface area (Å²) in [5.41, 5.74) is 0.644. The Labute approximate surface area is 201 Å². The number of hydrogen-bond donors (Lipinski definition) is 1. The van der Waals surface area contributed by atoms with Crippen LogP contribution in [0.5, 0.6) is 0 Å². The molecule has 2 aliphatic heterocycles. The van der Waals surface area contributed by atoms with Gasteiger partial charge in [-0.2, -0.15) is 0 Å². The third-order valence-corrected chi connectivity index (χ3v) is 7.04. The number of benzene rings is 2. The average Bonchev–Trinajstić information content (AvgIpc) is 2.85. The lowest BCUT2D eigenvalue weighted by molar-refractivity contribution is 0.0243. The number of aromatic nitrogens is 2. The standard InChI is InChI=1S/C25H27FN4O3S/c26-20-3-1-2-4-22(20)30-24(32)19-6-5-18(15-21(19)27-25(30)34)23(31)29-9-7-17(8-10-29)16-28-11-13-33-14-12-28/h1-6,15,17H,7-14,16H2,(H,27,34). The van der Waals surface area contributed by atoms with Gasteiger partial charge in [-0.1, -0.05) is 12.1 Å². The maximum atomic E-state index is 14.3. The van der Waals surface area contributed by atoms with Gasteiger partial charge in [0.2, 0.25) is 0 Å². The van der Waals surface area contributed by atoms with E-state index in [2.05, 4.69) is 9.88 Å². The number of H-pyrrole nitrogens is 1. The van der Waals surface area contributed by atoms with Crippen LogP contribution >= 0.6 is 12.2 Å². The minimum atomic E-state index is -0.535. The zero-order chi connectivity index (χ0) is 23.7. The fourth-order valence-corrected chi connectivity index (χ4v) is 5.14. The molecule has 1 N–H and O–H groups in total. The number of nitrogens with zero attached hydrogens (tertiary/aromatic N) is 3. The highest BCUT2D eigenvalue weighted by Gasteiger charge is 2.26. The van der Waals surface area contributed by atoms with Gasteiger partial charge in [0.05, 0.1) is 29.8 Å². The molecule has 0 spiro atoms. The highest BCUT2D eigenvalue weighted by atomic mass is 32.1. The average molecular weight is 483 g/mol. The summed E-state index contributed by atoms with van der Waals surface area (Å²) < 4.78 is 20.9. The maximum Gasteiger partial charge on any atom is 0.266 e. The van der Waals surface area contributed by atoms with E-state index in [4.69, 9.17) is 17.0 Å². The van der Waals surface area contributed by atoms with Crippen LogP contribution in [0.1, 0.15) is 23.2 Å². The molecule has 9 heteroatoms. The van der Waals surface area contributed by atoms with Crippen molar-refractivity contribution in [1.29, 1.82) is 0 Å². The minimum absolute atomic E-state index is 0.0516. The van der Waals surface area contributed by atoms with Gasteiger partial charge in [-0.3, -0.25) is 14.5 Å². The molecule has 2 aromatic carbocycles. The van der Waals surface area contributed by atoms with Crippen LogP contribution in [-0.2, 0) is 4.74 Å². The minimum Gasteiger partial charge on any atom is -0.379 e. The van der Waals surface area contributed by atoms with Crippen LogP contribution in [0.2, 0.25) is 0 Å². The number of amides is 1. The van der Waals surface area contributed by atoms with Crippen molar-refractivity contribution in [2.45, 2.75) is 12.8 Å². The smallest absolute Gasteiger partial charge is 0.266 e. The summed E-state index contributed by atoms with van der Waals surface area (Å²) in [5, 5.41) is 0.345. The predicted octanol–water partition coefficient (Wildman–Crippen LogP) is 3.37. The topological polar surface area (TPSA) is 70.6 Å². The van der Waals surface area contributed by atoms with Gasteiger partial charge in [0.1, 0.15) is 5.82 Å². The quantitative estimate of drug-likeness (QED) is 0.578. The first kappa shape index (κ1) is 22.9. The van der Waals surface area contributed by atoms with Crippen LogP contribution in [0, 0.1) is 16.5 Å².